The molecule has 0 saturated carbocycles. The third-order valence-electron chi connectivity index (χ3n) is 7.01. The second kappa shape index (κ2) is 7.73. The maximum absolute atomic E-state index is 13.9. The smallest absolute Gasteiger partial charge is 0.419 e. The molecule has 0 spiro atoms. The number of hydrogen-bond acceptors (Lipinski definition) is 4. The monoisotopic (exact) mass is 509 g/mol. The van der Waals surface area contributed by atoms with Crippen molar-refractivity contribution in [1.82, 2.24) is 13.7 Å². The van der Waals surface area contributed by atoms with E-state index in [-0.39, 0.29) is 35.1 Å². The third kappa shape index (κ3) is 3.34. The molecule has 8 nitrogen and oxygen atoms in total. The van der Waals surface area contributed by atoms with Gasteiger partial charge in [-0.3, -0.25) is 13.7 Å². The average Bonchev–Trinajstić information content (AvgIpc) is 3.48. The first-order valence-corrected chi connectivity index (χ1v) is 11.4. The van der Waals surface area contributed by atoms with Gasteiger partial charge in [-0.05, 0) is 60.4 Å². The zero-order valence-electron chi connectivity index (χ0n) is 19.2. The van der Waals surface area contributed by atoms with Crippen LogP contribution in [0.15, 0.2) is 68.6 Å². The van der Waals surface area contributed by atoms with E-state index in [1.54, 1.807) is 25.2 Å². The normalized spacial score (nSPS) is 15.5. The molecule has 0 amide bonds. The molecule has 1 atom stereocenters. The van der Waals surface area contributed by atoms with Gasteiger partial charge in [0.15, 0.2) is 5.58 Å². The number of carboxylic acids is 1. The number of carboxylic acid groups (broad SMARTS) is 1. The molecule has 37 heavy (non-hydrogen) atoms. The van der Waals surface area contributed by atoms with Crippen molar-refractivity contribution in [3.63, 3.8) is 0 Å². The molecule has 3 aromatic carbocycles. The van der Waals surface area contributed by atoms with Crippen LogP contribution in [0.1, 0.15) is 39.5 Å². The molecule has 2 heterocycles. The Labute approximate surface area is 205 Å². The molecule has 2 aromatic heterocycles. The van der Waals surface area contributed by atoms with E-state index in [1.807, 2.05) is 0 Å². The Morgan fingerprint density at radius 1 is 1.03 bits per heavy atom. The van der Waals surface area contributed by atoms with Crippen molar-refractivity contribution in [2.45, 2.75) is 25.1 Å². The number of carbonyl (C=O) groups is 1. The van der Waals surface area contributed by atoms with Crippen LogP contribution in [-0.2, 0) is 19.6 Å². The number of benzene rings is 3. The van der Waals surface area contributed by atoms with E-state index in [1.165, 1.54) is 44.0 Å². The van der Waals surface area contributed by atoms with Crippen molar-refractivity contribution >= 4 is 28.1 Å². The zero-order chi connectivity index (χ0) is 26.2. The summed E-state index contributed by atoms with van der Waals surface area (Å²) in [7, 11) is 1.55. The van der Waals surface area contributed by atoms with Gasteiger partial charge in [0.2, 0.25) is 0 Å². The highest BCUT2D eigenvalue weighted by Crippen LogP contribution is 2.42. The second-order valence-corrected chi connectivity index (χ2v) is 9.00. The Morgan fingerprint density at radius 3 is 2.51 bits per heavy atom. The van der Waals surface area contributed by atoms with Gasteiger partial charge in [0.25, 0.3) is 0 Å². The second-order valence-electron chi connectivity index (χ2n) is 9.00. The number of aromatic carboxylic acids is 1. The number of aromatic nitrogens is 3. The number of hydrogen-bond donors (Lipinski definition) is 1. The van der Waals surface area contributed by atoms with Gasteiger partial charge in [-0.15, -0.1) is 0 Å². The number of halogens is 3. The Balaban J connectivity index is 1.63. The Kier molecular flexibility index (Phi) is 4.78. The van der Waals surface area contributed by atoms with Gasteiger partial charge in [-0.2, -0.15) is 13.2 Å². The number of alkyl halides is 3. The standard InChI is InChI=1S/C26H18F3N3O5/c1-30-20-9-6-14(12-22(20)37-25(30)36)31-19-8-5-13(23(33)34)11-21(19)32(24(31)35)18-10-7-15-16(18)3-2-4-17(15)26(27,28)29/h2-6,8-9,11-12,18H,7,10H2,1H3,(H,33,34). The molecule has 188 valence electrons. The largest absolute Gasteiger partial charge is 0.478 e. The summed E-state index contributed by atoms with van der Waals surface area (Å²) in [5, 5.41) is 9.56. The molecule has 0 fully saturated rings. The van der Waals surface area contributed by atoms with Crippen molar-refractivity contribution in [2.75, 3.05) is 0 Å². The molecule has 5 aromatic rings. The van der Waals surface area contributed by atoms with Gasteiger partial charge in [0.1, 0.15) is 0 Å². The van der Waals surface area contributed by atoms with Crippen molar-refractivity contribution in [2.24, 2.45) is 7.05 Å². The average molecular weight is 509 g/mol. The van der Waals surface area contributed by atoms with Crippen LogP contribution in [-0.4, -0.2) is 24.8 Å². The summed E-state index contributed by atoms with van der Waals surface area (Å²) in [6.07, 6.45) is -4.18. The molecule has 0 radical (unpaired) electrons. The maximum atomic E-state index is 13.9. The summed E-state index contributed by atoms with van der Waals surface area (Å²) in [6.45, 7) is 0. The molecule has 1 aliphatic rings. The van der Waals surface area contributed by atoms with Crippen LogP contribution in [0.2, 0.25) is 0 Å². The minimum atomic E-state index is -4.54. The number of oxazole rings is 1. The molecule has 11 heteroatoms. The molecule has 0 saturated heterocycles. The van der Waals surface area contributed by atoms with Gasteiger partial charge in [0.05, 0.1) is 39.4 Å². The highest BCUT2D eigenvalue weighted by molar-refractivity contribution is 5.93. The minimum absolute atomic E-state index is 0.0647. The van der Waals surface area contributed by atoms with Crippen molar-refractivity contribution < 1.29 is 27.5 Å². The van der Waals surface area contributed by atoms with Crippen LogP contribution in [0.3, 0.4) is 0 Å². The zero-order valence-corrected chi connectivity index (χ0v) is 19.2. The molecular weight excluding hydrogens is 491 g/mol. The summed E-state index contributed by atoms with van der Waals surface area (Å²) in [5.41, 5.74) is 0.930. The van der Waals surface area contributed by atoms with Crippen molar-refractivity contribution in [1.29, 1.82) is 0 Å². The van der Waals surface area contributed by atoms with Crippen LogP contribution in [0.25, 0.3) is 27.8 Å². The van der Waals surface area contributed by atoms with E-state index in [0.29, 0.717) is 22.3 Å². The molecule has 1 N–H and O–H groups in total. The van der Waals surface area contributed by atoms with Crippen molar-refractivity contribution in [3.8, 4) is 5.69 Å². The predicted octanol–water partition coefficient (Wildman–Crippen LogP) is 4.49. The first-order valence-electron chi connectivity index (χ1n) is 11.4. The Bertz CT molecular complexity index is 1870. The molecule has 1 unspecified atom stereocenters. The number of fused-ring (bicyclic) bond motifs is 3. The van der Waals surface area contributed by atoms with E-state index in [4.69, 9.17) is 4.42 Å². The van der Waals surface area contributed by atoms with E-state index in [9.17, 15) is 32.7 Å². The summed E-state index contributed by atoms with van der Waals surface area (Å²) in [5.74, 6) is -1.77. The van der Waals surface area contributed by atoms with Crippen LogP contribution in [0, 0.1) is 0 Å². The lowest BCUT2D eigenvalue weighted by Gasteiger charge is -2.16. The van der Waals surface area contributed by atoms with Crippen LogP contribution in [0.4, 0.5) is 13.2 Å². The van der Waals surface area contributed by atoms with E-state index < -0.39 is 35.2 Å². The number of aryl methyl sites for hydroxylation is 1. The summed E-state index contributed by atoms with van der Waals surface area (Å²) >= 11 is 0. The highest BCUT2D eigenvalue weighted by atomic mass is 19.4. The molecule has 6 rings (SSSR count). The fourth-order valence-corrected chi connectivity index (χ4v) is 5.33. The molecule has 0 aliphatic heterocycles. The minimum Gasteiger partial charge on any atom is -0.478 e. The SMILES string of the molecule is Cn1c(=O)oc2cc(-n3c(=O)n(C4CCc5c4cccc5C(F)(F)F)c4cc(C(=O)O)ccc43)ccc21. The molecular formula is C26H18F3N3O5. The lowest BCUT2D eigenvalue weighted by atomic mass is 10.0. The van der Waals surface area contributed by atoms with Gasteiger partial charge in [0, 0.05) is 13.1 Å². The van der Waals surface area contributed by atoms with Crippen LogP contribution in [0.5, 0.6) is 0 Å². The number of rotatable bonds is 3. The Hall–Kier alpha value is -4.54. The quantitative estimate of drug-likeness (QED) is 0.387. The first-order chi connectivity index (χ1) is 17.6. The molecule has 0 bridgehead atoms. The summed E-state index contributed by atoms with van der Waals surface area (Å²) in [4.78, 5) is 37.6. The maximum Gasteiger partial charge on any atom is 0.419 e. The van der Waals surface area contributed by atoms with Gasteiger partial charge in [-0.1, -0.05) is 12.1 Å². The first kappa shape index (κ1) is 22.9. The fraction of sp³-hybridized carbons (Fsp3) is 0.192. The third-order valence-corrected chi connectivity index (χ3v) is 7.01. The Morgan fingerprint density at radius 2 is 1.78 bits per heavy atom. The lowest BCUT2D eigenvalue weighted by molar-refractivity contribution is -0.138. The number of imidazole rings is 1. The predicted molar refractivity (Wildman–Crippen MR) is 127 cm³/mol. The van der Waals surface area contributed by atoms with Crippen LogP contribution >= 0.6 is 0 Å². The fourth-order valence-electron chi connectivity index (χ4n) is 5.33. The highest BCUT2D eigenvalue weighted by Gasteiger charge is 2.38. The lowest BCUT2D eigenvalue weighted by Crippen LogP contribution is -2.26. The van der Waals surface area contributed by atoms with Gasteiger partial charge in [-0.25, -0.2) is 14.4 Å². The summed E-state index contributed by atoms with van der Waals surface area (Å²) in [6, 6.07) is 12.2. The van der Waals surface area contributed by atoms with Gasteiger partial charge < -0.3 is 9.52 Å². The van der Waals surface area contributed by atoms with E-state index in [2.05, 4.69) is 0 Å². The van der Waals surface area contributed by atoms with Crippen molar-refractivity contribution in [3.05, 3.63) is 97.9 Å². The topological polar surface area (TPSA) is 99.4 Å². The summed E-state index contributed by atoms with van der Waals surface area (Å²) < 4.78 is 50.3. The van der Waals surface area contributed by atoms with Gasteiger partial charge >= 0.3 is 23.6 Å². The number of nitrogens with zero attached hydrogens (tertiary/aromatic N) is 3. The van der Waals surface area contributed by atoms with E-state index in [0.717, 1.165) is 6.07 Å². The molecule has 1 aliphatic carbocycles. The van der Waals surface area contributed by atoms with E-state index >= 15 is 0 Å². The van der Waals surface area contributed by atoms with Crippen LogP contribution < -0.4 is 11.4 Å².